The number of hydrogen-bond donors (Lipinski definition) is 2. The van der Waals surface area contributed by atoms with Crippen LogP contribution < -0.4 is 25.4 Å². The Labute approximate surface area is 279 Å². The second-order valence-corrected chi connectivity index (χ2v) is 13.6. The van der Waals surface area contributed by atoms with Crippen molar-refractivity contribution in [3.05, 3.63) is 34.4 Å². The maximum absolute atomic E-state index is 17.0. The van der Waals surface area contributed by atoms with Crippen molar-refractivity contribution in [3.8, 4) is 29.0 Å². The molecule has 0 radical (unpaired) electrons. The molecular formula is C31H27ClF5N7O3S. The lowest BCUT2D eigenvalue weighted by Gasteiger charge is -2.31. The number of carbonyl (C=O) groups is 1. The topological polar surface area (TPSA) is 130 Å². The molecule has 0 saturated carbocycles. The number of likely N-dealkylation sites (N-methyl/N-ethyl adjacent to an activating group) is 1. The van der Waals surface area contributed by atoms with E-state index in [-0.39, 0.29) is 98.0 Å². The van der Waals surface area contributed by atoms with Crippen molar-refractivity contribution >= 4 is 60.7 Å². The number of alkyl halides is 3. The first kappa shape index (κ1) is 32.4. The van der Waals surface area contributed by atoms with Crippen LogP contribution >= 0.6 is 22.9 Å². The van der Waals surface area contributed by atoms with Crippen molar-refractivity contribution in [2.45, 2.75) is 43.4 Å². The van der Waals surface area contributed by atoms with E-state index in [0.717, 1.165) is 23.8 Å². The highest BCUT2D eigenvalue weighted by Crippen LogP contribution is 2.51. The lowest BCUT2D eigenvalue weighted by Crippen LogP contribution is -2.46. The number of benzene rings is 2. The van der Waals surface area contributed by atoms with Crippen LogP contribution in [0.15, 0.2) is 12.1 Å². The van der Waals surface area contributed by atoms with Gasteiger partial charge in [0.2, 0.25) is 0 Å². The summed E-state index contributed by atoms with van der Waals surface area (Å²) in [5, 5.41) is 11.9. The Balaban J connectivity index is 1.41. The van der Waals surface area contributed by atoms with Gasteiger partial charge < -0.3 is 25.4 Å². The molecule has 2 aromatic carbocycles. The van der Waals surface area contributed by atoms with Crippen LogP contribution in [0.1, 0.15) is 24.8 Å². The second-order valence-electron chi connectivity index (χ2n) is 12.1. The summed E-state index contributed by atoms with van der Waals surface area (Å²) in [5.74, 6) is -3.10. The number of thiophene rings is 1. The highest BCUT2D eigenvalue weighted by Gasteiger charge is 2.49. The first-order valence-corrected chi connectivity index (χ1v) is 16.2. The Bertz CT molecular complexity index is 2030. The lowest BCUT2D eigenvalue weighted by molar-refractivity contribution is -0.131. The van der Waals surface area contributed by atoms with Gasteiger partial charge in [-0.2, -0.15) is 24.0 Å². The Morgan fingerprint density at radius 2 is 2.12 bits per heavy atom. The van der Waals surface area contributed by atoms with E-state index in [1.54, 1.807) is 7.05 Å². The molecule has 1 amide bonds. The minimum absolute atomic E-state index is 0.0222. The molecule has 5 heterocycles. The van der Waals surface area contributed by atoms with Crippen LogP contribution in [-0.2, 0) is 4.79 Å². The lowest BCUT2D eigenvalue weighted by atomic mass is 9.95. The number of rotatable bonds is 7. The molecule has 2 fully saturated rings. The number of fused-ring (bicyclic) bond motifs is 2. The van der Waals surface area contributed by atoms with Gasteiger partial charge in [-0.05, 0) is 31.0 Å². The molecule has 17 heteroatoms. The zero-order valence-corrected chi connectivity index (χ0v) is 26.8. The first-order chi connectivity index (χ1) is 22.9. The Kier molecular flexibility index (Phi) is 8.12. The average molecular weight is 708 g/mol. The first-order valence-electron chi connectivity index (χ1n) is 15.0. The zero-order valence-electron chi connectivity index (χ0n) is 25.3. The fraction of sp³-hybridized carbons (Fsp3) is 0.419. The number of ether oxygens (including phenoxy) is 2. The van der Waals surface area contributed by atoms with E-state index < -0.39 is 41.7 Å². The molecule has 0 spiro atoms. The molecule has 3 aliphatic rings. The molecule has 0 aliphatic carbocycles. The average Bonchev–Trinajstić information content (AvgIpc) is 3.67. The van der Waals surface area contributed by atoms with Gasteiger partial charge in [-0.3, -0.25) is 9.69 Å². The largest absolute Gasteiger partial charge is 0.489 e. The molecule has 0 unspecified atom stereocenters. The number of nitriles is 1. The molecule has 2 saturated heterocycles. The smallest absolute Gasteiger partial charge is 0.319 e. The number of nitrogens with two attached hydrogens (primary N) is 1. The van der Waals surface area contributed by atoms with Crippen molar-refractivity contribution < 1.29 is 36.2 Å². The van der Waals surface area contributed by atoms with Gasteiger partial charge >= 0.3 is 12.4 Å². The standard InChI is InChI=1S/C31H27ClF5N7O3S/c1-43-14(9-40-29(45)26(36)37)11-46-24-20-23(41-30(42-28(20)43)47-12-31-5-2-6-44(31)10-13(33)7-31)22(35)19(21(24)32)15-3-4-17(34)25-18(15)16(8-38)27(39)48-25/h3-4,13-14,26H,2,5-7,9-12,39H2,1H3,(H,40,45)/t13-,14+,31+/m1/s1. The van der Waals surface area contributed by atoms with E-state index in [0.29, 0.717) is 13.0 Å². The molecule has 2 aromatic heterocycles. The number of anilines is 2. The summed E-state index contributed by atoms with van der Waals surface area (Å²) in [4.78, 5) is 24.3. The van der Waals surface area contributed by atoms with Crippen LogP contribution in [-0.4, -0.2) is 84.8 Å². The molecule has 3 N–H and O–H groups in total. The minimum Gasteiger partial charge on any atom is -0.489 e. The van der Waals surface area contributed by atoms with E-state index in [4.69, 9.17) is 26.8 Å². The van der Waals surface area contributed by atoms with Crippen LogP contribution in [0.3, 0.4) is 0 Å². The molecule has 0 bridgehead atoms. The van der Waals surface area contributed by atoms with Gasteiger partial charge in [0.05, 0.1) is 32.3 Å². The Hall–Kier alpha value is -4.20. The quantitative estimate of drug-likeness (QED) is 0.242. The maximum atomic E-state index is 17.0. The number of nitrogen functional groups attached to an aromatic ring is 1. The third-order valence-corrected chi connectivity index (χ3v) is 10.8. The molecular weight excluding hydrogens is 681 g/mol. The van der Waals surface area contributed by atoms with Crippen molar-refractivity contribution in [2.75, 3.05) is 50.5 Å². The summed E-state index contributed by atoms with van der Waals surface area (Å²) in [6.07, 6.45) is -2.46. The number of nitrogens with zero attached hydrogens (tertiary/aromatic N) is 5. The van der Waals surface area contributed by atoms with Crippen molar-refractivity contribution in [2.24, 2.45) is 0 Å². The number of aromatic nitrogens is 2. The Morgan fingerprint density at radius 1 is 1.33 bits per heavy atom. The van der Waals surface area contributed by atoms with E-state index in [9.17, 15) is 27.6 Å². The molecule has 4 aromatic rings. The molecule has 252 valence electrons. The predicted octanol–water partition coefficient (Wildman–Crippen LogP) is 5.43. The number of hydrogen-bond acceptors (Lipinski definition) is 10. The molecule has 3 atom stereocenters. The normalized spacial score (nSPS) is 22.2. The fourth-order valence-corrected chi connectivity index (χ4v) is 8.32. The van der Waals surface area contributed by atoms with Gasteiger partial charge in [0, 0.05) is 37.5 Å². The molecule has 7 rings (SSSR count). The van der Waals surface area contributed by atoms with Gasteiger partial charge in [0.25, 0.3) is 5.91 Å². The SMILES string of the molecule is CN1c2nc(OC[C@@]34CCCN3C[C@H](F)C4)nc3c(F)c(-c4ccc(F)c5sc(N)c(C#N)c45)c(Cl)c(c23)OC[C@@H]1CNC(=O)C(F)F. The number of carbonyl (C=O) groups excluding carboxylic acids is 1. The Morgan fingerprint density at radius 3 is 2.88 bits per heavy atom. The summed E-state index contributed by atoms with van der Waals surface area (Å²) in [6.45, 7) is 0.513. The molecule has 48 heavy (non-hydrogen) atoms. The van der Waals surface area contributed by atoms with Crippen molar-refractivity contribution in [1.82, 2.24) is 20.2 Å². The van der Waals surface area contributed by atoms with Gasteiger partial charge in [-0.1, -0.05) is 17.7 Å². The summed E-state index contributed by atoms with van der Waals surface area (Å²) in [5.41, 5.74) is 4.91. The summed E-state index contributed by atoms with van der Waals surface area (Å²) in [7, 11) is 1.56. The summed E-state index contributed by atoms with van der Waals surface area (Å²) >= 11 is 7.72. The van der Waals surface area contributed by atoms with Gasteiger partial charge in [0.15, 0.2) is 11.6 Å². The number of nitrogens with one attached hydrogen (secondary N) is 1. The maximum Gasteiger partial charge on any atom is 0.319 e. The highest BCUT2D eigenvalue weighted by molar-refractivity contribution is 7.23. The van der Waals surface area contributed by atoms with Crippen LogP contribution in [0.4, 0.5) is 32.8 Å². The van der Waals surface area contributed by atoms with Crippen LogP contribution in [0.25, 0.3) is 32.1 Å². The third-order valence-electron chi connectivity index (χ3n) is 9.38. The van der Waals surface area contributed by atoms with Crippen LogP contribution in [0, 0.1) is 23.0 Å². The van der Waals surface area contributed by atoms with E-state index in [1.165, 1.54) is 11.0 Å². The number of halogens is 6. The number of amides is 1. The van der Waals surface area contributed by atoms with Gasteiger partial charge in [0.1, 0.15) is 47.6 Å². The van der Waals surface area contributed by atoms with E-state index in [2.05, 4.69) is 15.3 Å². The van der Waals surface area contributed by atoms with Gasteiger partial charge in [-0.15, -0.1) is 11.3 Å². The second kappa shape index (κ2) is 12.0. The monoisotopic (exact) mass is 707 g/mol. The minimum atomic E-state index is -3.25. The fourth-order valence-electron chi connectivity index (χ4n) is 7.04. The van der Waals surface area contributed by atoms with Crippen molar-refractivity contribution in [1.29, 1.82) is 5.26 Å². The van der Waals surface area contributed by atoms with Gasteiger partial charge in [-0.25, -0.2) is 13.2 Å². The zero-order chi connectivity index (χ0) is 34.1. The van der Waals surface area contributed by atoms with Crippen LogP contribution in [0.2, 0.25) is 5.02 Å². The summed E-state index contributed by atoms with van der Waals surface area (Å²) < 4.78 is 84.6. The highest BCUT2D eigenvalue weighted by atomic mass is 35.5. The summed E-state index contributed by atoms with van der Waals surface area (Å²) in [6, 6.07) is 3.30. The van der Waals surface area contributed by atoms with Crippen molar-refractivity contribution in [3.63, 3.8) is 0 Å². The van der Waals surface area contributed by atoms with Crippen LogP contribution in [0.5, 0.6) is 11.8 Å². The van der Waals surface area contributed by atoms with E-state index in [1.807, 2.05) is 11.0 Å². The third kappa shape index (κ3) is 5.10. The molecule has 3 aliphatic heterocycles. The molecule has 10 nitrogen and oxygen atoms in total. The van der Waals surface area contributed by atoms with E-state index >= 15 is 4.39 Å². The predicted molar refractivity (Wildman–Crippen MR) is 170 cm³/mol.